The summed E-state index contributed by atoms with van der Waals surface area (Å²) in [6, 6.07) is 9.65. The molecule has 0 fully saturated rings. The second-order valence-electron chi connectivity index (χ2n) is 4.76. The molecule has 120 valence electrons. The molecule has 1 heterocycles. The second-order valence-corrected chi connectivity index (χ2v) is 4.76. The lowest BCUT2D eigenvalue weighted by molar-refractivity contribution is -0.138. The Hall–Kier alpha value is -1.99. The first-order valence-electron chi connectivity index (χ1n) is 6.97. The van der Waals surface area contributed by atoms with Crippen molar-refractivity contribution < 1.29 is 9.90 Å². The van der Waals surface area contributed by atoms with Gasteiger partial charge in [-0.15, -0.1) is 17.5 Å². The lowest BCUT2D eigenvalue weighted by Crippen LogP contribution is -2.32. The number of benzene rings is 1. The largest absolute Gasteiger partial charge is 0.480 e. The molecule has 22 heavy (non-hydrogen) atoms. The van der Waals surface area contributed by atoms with Crippen molar-refractivity contribution in [1.82, 2.24) is 25.1 Å². The number of para-hydroxylation sites is 1. The maximum absolute atomic E-state index is 10.8. The van der Waals surface area contributed by atoms with Gasteiger partial charge in [0.15, 0.2) is 5.82 Å². The van der Waals surface area contributed by atoms with Crippen LogP contribution in [0.3, 0.4) is 0 Å². The highest BCUT2D eigenvalue weighted by Crippen LogP contribution is 2.08. The lowest BCUT2D eigenvalue weighted by Gasteiger charge is -2.18. The second kappa shape index (κ2) is 9.11. The molecule has 0 aliphatic heterocycles. The summed E-state index contributed by atoms with van der Waals surface area (Å²) in [7, 11) is 0. The van der Waals surface area contributed by atoms with Gasteiger partial charge in [-0.25, -0.2) is 0 Å². The standard InChI is InChI=1S/C14H19N5O2.ClH/c1-2-9-18(11-14(20)21)10-8-13-15-16-17-19(13)12-6-4-3-5-7-12;/h3-7H,2,8-11H2,1H3,(H,20,21);1H. The summed E-state index contributed by atoms with van der Waals surface area (Å²) in [6.45, 7) is 3.44. The van der Waals surface area contributed by atoms with Gasteiger partial charge in [-0.3, -0.25) is 9.69 Å². The van der Waals surface area contributed by atoms with Crippen molar-refractivity contribution in [2.45, 2.75) is 19.8 Å². The van der Waals surface area contributed by atoms with E-state index in [-0.39, 0.29) is 19.0 Å². The Morgan fingerprint density at radius 3 is 2.64 bits per heavy atom. The molecule has 0 saturated carbocycles. The van der Waals surface area contributed by atoms with Crippen LogP contribution in [-0.4, -0.2) is 55.8 Å². The van der Waals surface area contributed by atoms with E-state index >= 15 is 0 Å². The quantitative estimate of drug-likeness (QED) is 0.790. The molecule has 2 aromatic rings. The number of carboxylic acids is 1. The number of hydrogen-bond donors (Lipinski definition) is 1. The fourth-order valence-corrected chi connectivity index (χ4v) is 2.17. The molecule has 8 heteroatoms. The number of rotatable bonds is 8. The molecule has 0 radical (unpaired) electrons. The fraction of sp³-hybridized carbons (Fsp3) is 0.429. The summed E-state index contributed by atoms with van der Waals surface area (Å²) < 4.78 is 1.69. The van der Waals surface area contributed by atoms with Crippen molar-refractivity contribution in [3.8, 4) is 5.69 Å². The van der Waals surface area contributed by atoms with E-state index in [9.17, 15) is 4.79 Å². The Balaban J connectivity index is 0.00000242. The fourth-order valence-electron chi connectivity index (χ4n) is 2.17. The zero-order valence-corrected chi connectivity index (χ0v) is 13.2. The minimum atomic E-state index is -0.814. The molecule has 1 aromatic carbocycles. The van der Waals surface area contributed by atoms with Crippen LogP contribution >= 0.6 is 12.4 Å². The zero-order chi connectivity index (χ0) is 15.1. The van der Waals surface area contributed by atoms with Gasteiger partial charge in [-0.2, -0.15) is 4.68 Å². The molecule has 0 atom stereocenters. The van der Waals surface area contributed by atoms with Crippen LogP contribution < -0.4 is 0 Å². The molecule has 7 nitrogen and oxygen atoms in total. The molecular formula is C14H20ClN5O2. The molecule has 0 aliphatic rings. The van der Waals surface area contributed by atoms with Crippen LogP contribution in [0.1, 0.15) is 19.2 Å². The number of aliphatic carboxylic acids is 1. The average Bonchev–Trinajstić information content (AvgIpc) is 2.94. The minimum Gasteiger partial charge on any atom is -0.480 e. The van der Waals surface area contributed by atoms with Gasteiger partial charge in [-0.1, -0.05) is 25.1 Å². The zero-order valence-electron chi connectivity index (χ0n) is 12.4. The van der Waals surface area contributed by atoms with Gasteiger partial charge in [-0.05, 0) is 35.5 Å². The topological polar surface area (TPSA) is 84.1 Å². The van der Waals surface area contributed by atoms with Gasteiger partial charge in [0.25, 0.3) is 0 Å². The van der Waals surface area contributed by atoms with E-state index in [1.165, 1.54) is 0 Å². The highest BCUT2D eigenvalue weighted by molar-refractivity contribution is 5.85. The summed E-state index contributed by atoms with van der Waals surface area (Å²) in [5.41, 5.74) is 0.901. The predicted octanol–water partition coefficient (Wildman–Crippen LogP) is 1.42. The van der Waals surface area contributed by atoms with Crippen LogP contribution in [0.2, 0.25) is 0 Å². The van der Waals surface area contributed by atoms with Gasteiger partial charge >= 0.3 is 5.97 Å². The molecule has 0 aliphatic carbocycles. The van der Waals surface area contributed by atoms with Crippen LogP contribution in [0.25, 0.3) is 5.69 Å². The molecule has 1 N–H and O–H groups in total. The van der Waals surface area contributed by atoms with E-state index in [1.54, 1.807) is 4.68 Å². The van der Waals surface area contributed by atoms with Gasteiger partial charge < -0.3 is 5.11 Å². The number of hydrogen-bond acceptors (Lipinski definition) is 5. The minimum absolute atomic E-state index is 0. The highest BCUT2D eigenvalue weighted by atomic mass is 35.5. The lowest BCUT2D eigenvalue weighted by atomic mass is 10.3. The Kier molecular flexibility index (Phi) is 7.48. The Morgan fingerprint density at radius 1 is 1.27 bits per heavy atom. The van der Waals surface area contributed by atoms with Crippen LogP contribution in [0, 0.1) is 0 Å². The van der Waals surface area contributed by atoms with Crippen molar-refractivity contribution >= 4 is 18.4 Å². The molecule has 2 rings (SSSR count). The normalized spacial score (nSPS) is 10.5. The van der Waals surface area contributed by atoms with Crippen LogP contribution in [0.5, 0.6) is 0 Å². The van der Waals surface area contributed by atoms with E-state index in [1.807, 2.05) is 42.2 Å². The van der Waals surface area contributed by atoms with Crippen LogP contribution in [-0.2, 0) is 11.2 Å². The third-order valence-electron chi connectivity index (χ3n) is 3.09. The number of nitrogens with zero attached hydrogens (tertiary/aromatic N) is 5. The summed E-state index contributed by atoms with van der Waals surface area (Å²) in [5.74, 6) is -0.0845. The summed E-state index contributed by atoms with van der Waals surface area (Å²) in [4.78, 5) is 12.7. The SMILES string of the molecule is CCCN(CCc1nnnn1-c1ccccc1)CC(=O)O.Cl. The van der Waals surface area contributed by atoms with E-state index in [0.29, 0.717) is 13.0 Å². The van der Waals surface area contributed by atoms with Crippen LogP contribution in [0.4, 0.5) is 0 Å². The number of carbonyl (C=O) groups is 1. The highest BCUT2D eigenvalue weighted by Gasteiger charge is 2.12. The van der Waals surface area contributed by atoms with Gasteiger partial charge in [0.05, 0.1) is 12.2 Å². The first-order valence-corrected chi connectivity index (χ1v) is 6.97. The van der Waals surface area contributed by atoms with Crippen molar-refractivity contribution in [2.24, 2.45) is 0 Å². The molecular weight excluding hydrogens is 306 g/mol. The van der Waals surface area contributed by atoms with E-state index < -0.39 is 5.97 Å². The number of carboxylic acid groups (broad SMARTS) is 1. The maximum Gasteiger partial charge on any atom is 0.317 e. The molecule has 1 aromatic heterocycles. The maximum atomic E-state index is 10.8. The first kappa shape index (κ1) is 18.1. The number of tetrazole rings is 1. The summed E-state index contributed by atoms with van der Waals surface area (Å²) >= 11 is 0. The smallest absolute Gasteiger partial charge is 0.317 e. The average molecular weight is 326 g/mol. The van der Waals surface area contributed by atoms with Crippen molar-refractivity contribution in [2.75, 3.05) is 19.6 Å². The molecule has 0 saturated heterocycles. The number of aromatic nitrogens is 4. The Bertz CT molecular complexity index is 576. The van der Waals surface area contributed by atoms with Crippen molar-refractivity contribution in [1.29, 1.82) is 0 Å². The summed E-state index contributed by atoms with van der Waals surface area (Å²) in [5, 5.41) is 20.6. The Labute approximate surface area is 135 Å². The van der Waals surface area contributed by atoms with Gasteiger partial charge in [0.1, 0.15) is 0 Å². The molecule has 0 bridgehead atoms. The van der Waals surface area contributed by atoms with Gasteiger partial charge in [0, 0.05) is 13.0 Å². The number of halogens is 1. The third kappa shape index (κ3) is 5.09. The van der Waals surface area contributed by atoms with E-state index in [4.69, 9.17) is 5.11 Å². The van der Waals surface area contributed by atoms with Gasteiger partial charge in [0.2, 0.25) is 0 Å². The first-order chi connectivity index (χ1) is 10.2. The van der Waals surface area contributed by atoms with Crippen LogP contribution in [0.15, 0.2) is 30.3 Å². The van der Waals surface area contributed by atoms with E-state index in [0.717, 1.165) is 24.5 Å². The monoisotopic (exact) mass is 325 g/mol. The van der Waals surface area contributed by atoms with Crippen molar-refractivity contribution in [3.63, 3.8) is 0 Å². The summed E-state index contributed by atoms with van der Waals surface area (Å²) in [6.07, 6.45) is 1.52. The van der Waals surface area contributed by atoms with Crippen molar-refractivity contribution in [3.05, 3.63) is 36.2 Å². The van der Waals surface area contributed by atoms with E-state index in [2.05, 4.69) is 15.5 Å². The molecule has 0 amide bonds. The molecule has 0 unspecified atom stereocenters. The predicted molar refractivity (Wildman–Crippen MR) is 84.5 cm³/mol. The Morgan fingerprint density at radius 2 is 2.00 bits per heavy atom. The third-order valence-corrected chi connectivity index (χ3v) is 3.09. The molecule has 0 spiro atoms.